The first kappa shape index (κ1) is 15.1. The molecule has 3 rings (SSSR count). The van der Waals surface area contributed by atoms with Gasteiger partial charge in [-0.1, -0.05) is 30.3 Å². The van der Waals surface area contributed by atoms with Crippen molar-refractivity contribution in [3.63, 3.8) is 0 Å². The Hall–Kier alpha value is -1.34. The molecule has 7 heteroatoms. The van der Waals surface area contributed by atoms with Crippen LogP contribution in [0, 0.1) is 0 Å². The standard InChI is InChI=1S/C13H10N2O3S.Na.H/c16-19(17,18-10-6-2-1-3-7-10)13-14-11-8-4-5-9-12(11)15-13;;/h1-9H,(H,14,15);;. The number of hydrogen-bond acceptors (Lipinski definition) is 4. The van der Waals surface area contributed by atoms with E-state index in [1.54, 1.807) is 54.6 Å². The van der Waals surface area contributed by atoms with Crippen molar-refractivity contribution in [3.05, 3.63) is 54.6 Å². The van der Waals surface area contributed by atoms with Crippen molar-refractivity contribution in [2.75, 3.05) is 0 Å². The van der Waals surface area contributed by atoms with Crippen LogP contribution in [0.15, 0.2) is 59.8 Å². The Labute approximate surface area is 138 Å². The predicted octanol–water partition coefficient (Wildman–Crippen LogP) is 1.68. The summed E-state index contributed by atoms with van der Waals surface area (Å²) in [6.07, 6.45) is 0. The molecular weight excluding hydrogens is 287 g/mol. The van der Waals surface area contributed by atoms with Gasteiger partial charge in [-0.3, -0.25) is 0 Å². The van der Waals surface area contributed by atoms with Gasteiger partial charge in [0.05, 0.1) is 11.0 Å². The van der Waals surface area contributed by atoms with Gasteiger partial charge in [0.15, 0.2) is 0 Å². The summed E-state index contributed by atoms with van der Waals surface area (Å²) in [5.74, 6) is 0.253. The van der Waals surface area contributed by atoms with Crippen LogP contribution in [0.4, 0.5) is 0 Å². The normalized spacial score (nSPS) is 11.0. The minimum atomic E-state index is -3.94. The Morgan fingerprint density at radius 2 is 1.60 bits per heavy atom. The van der Waals surface area contributed by atoms with Gasteiger partial charge in [0.25, 0.3) is 5.16 Å². The Bertz CT molecular complexity index is 783. The van der Waals surface area contributed by atoms with E-state index in [-0.39, 0.29) is 40.5 Å². The third-order valence-electron chi connectivity index (χ3n) is 2.55. The molecule has 0 saturated carbocycles. The average Bonchev–Trinajstić information content (AvgIpc) is 2.84. The van der Waals surface area contributed by atoms with Crippen LogP contribution in [0.5, 0.6) is 5.75 Å². The molecule has 0 amide bonds. The Morgan fingerprint density at radius 1 is 0.950 bits per heavy atom. The van der Waals surface area contributed by atoms with Crippen LogP contribution in [0.2, 0.25) is 0 Å². The number of fused-ring (bicyclic) bond motifs is 1. The Morgan fingerprint density at radius 3 is 2.30 bits per heavy atom. The molecule has 0 fully saturated rings. The quantitative estimate of drug-likeness (QED) is 0.590. The number of para-hydroxylation sites is 3. The van der Waals surface area contributed by atoms with Gasteiger partial charge in [-0.2, -0.15) is 8.42 Å². The number of nitrogens with zero attached hydrogens (tertiary/aromatic N) is 1. The summed E-state index contributed by atoms with van der Waals surface area (Å²) in [7, 11) is -3.94. The predicted molar refractivity (Wildman–Crippen MR) is 77.5 cm³/mol. The Balaban J connectivity index is 0.00000147. The first-order valence-electron chi connectivity index (χ1n) is 5.59. The molecule has 0 aliphatic rings. The molecule has 0 bridgehead atoms. The fourth-order valence-electron chi connectivity index (χ4n) is 1.69. The molecule has 0 unspecified atom stereocenters. The molecule has 98 valence electrons. The molecule has 1 heterocycles. The minimum absolute atomic E-state index is 0. The van der Waals surface area contributed by atoms with E-state index in [0.717, 1.165) is 0 Å². The zero-order valence-electron chi connectivity index (χ0n) is 9.78. The van der Waals surface area contributed by atoms with Gasteiger partial charge >= 0.3 is 39.7 Å². The SMILES string of the molecule is O=S(=O)(Oc1ccccc1)c1nc2ccccc2[nH]1.[NaH]. The van der Waals surface area contributed by atoms with E-state index in [2.05, 4.69) is 9.97 Å². The van der Waals surface area contributed by atoms with Crippen LogP contribution >= 0.6 is 0 Å². The average molecular weight is 298 g/mol. The summed E-state index contributed by atoms with van der Waals surface area (Å²) in [6.45, 7) is 0. The van der Waals surface area contributed by atoms with Gasteiger partial charge < -0.3 is 9.17 Å². The molecule has 0 radical (unpaired) electrons. The summed E-state index contributed by atoms with van der Waals surface area (Å²) < 4.78 is 29.1. The van der Waals surface area contributed by atoms with Gasteiger partial charge in [-0.25, -0.2) is 4.98 Å². The second-order valence-corrected chi connectivity index (χ2v) is 5.37. The van der Waals surface area contributed by atoms with Crippen LogP contribution in [0.3, 0.4) is 0 Å². The summed E-state index contributed by atoms with van der Waals surface area (Å²) in [5.41, 5.74) is 1.23. The van der Waals surface area contributed by atoms with Crippen molar-refractivity contribution >= 4 is 50.7 Å². The zero-order valence-corrected chi connectivity index (χ0v) is 10.6. The van der Waals surface area contributed by atoms with Gasteiger partial charge in [-0.15, -0.1) is 0 Å². The second-order valence-electron chi connectivity index (χ2n) is 3.91. The molecule has 1 N–H and O–H groups in total. The van der Waals surface area contributed by atoms with Gasteiger partial charge in [-0.05, 0) is 24.3 Å². The van der Waals surface area contributed by atoms with E-state index >= 15 is 0 Å². The Kier molecular flexibility index (Phi) is 4.49. The molecule has 5 nitrogen and oxygen atoms in total. The molecule has 1 aromatic heterocycles. The van der Waals surface area contributed by atoms with E-state index in [0.29, 0.717) is 11.0 Å². The van der Waals surface area contributed by atoms with Crippen molar-refractivity contribution in [2.24, 2.45) is 0 Å². The molecular formula is C13H11N2NaO3S. The number of benzene rings is 2. The number of nitrogens with one attached hydrogen (secondary N) is 1. The summed E-state index contributed by atoms with van der Waals surface area (Å²) in [6, 6.07) is 15.4. The van der Waals surface area contributed by atoms with Crippen molar-refractivity contribution in [1.82, 2.24) is 9.97 Å². The maximum absolute atomic E-state index is 12.1. The van der Waals surface area contributed by atoms with Gasteiger partial charge in [0.2, 0.25) is 0 Å². The van der Waals surface area contributed by atoms with Crippen molar-refractivity contribution in [3.8, 4) is 5.75 Å². The topological polar surface area (TPSA) is 72.1 Å². The summed E-state index contributed by atoms with van der Waals surface area (Å²) in [4.78, 5) is 6.74. The van der Waals surface area contributed by atoms with Crippen molar-refractivity contribution in [1.29, 1.82) is 0 Å². The monoisotopic (exact) mass is 298 g/mol. The maximum atomic E-state index is 12.1. The van der Waals surface area contributed by atoms with E-state index < -0.39 is 10.1 Å². The van der Waals surface area contributed by atoms with E-state index in [1.165, 1.54) is 0 Å². The summed E-state index contributed by atoms with van der Waals surface area (Å²) in [5, 5.41) is -0.197. The zero-order chi connectivity index (χ0) is 13.3. The van der Waals surface area contributed by atoms with Crippen molar-refractivity contribution < 1.29 is 12.6 Å². The molecule has 0 spiro atoms. The van der Waals surface area contributed by atoms with Gasteiger partial charge in [0, 0.05) is 0 Å². The van der Waals surface area contributed by atoms with Crippen LogP contribution in [0.25, 0.3) is 11.0 Å². The number of imidazole rings is 1. The second kappa shape index (κ2) is 5.97. The number of H-pyrrole nitrogens is 1. The number of rotatable bonds is 3. The number of aromatic nitrogens is 2. The molecule has 2 aromatic carbocycles. The van der Waals surface area contributed by atoms with Crippen molar-refractivity contribution in [2.45, 2.75) is 5.16 Å². The molecule has 0 saturated heterocycles. The van der Waals surface area contributed by atoms with Gasteiger partial charge in [0.1, 0.15) is 5.75 Å². The fourth-order valence-corrected chi connectivity index (χ4v) is 2.58. The third kappa shape index (κ3) is 3.04. The number of aromatic amines is 1. The molecule has 20 heavy (non-hydrogen) atoms. The van der Waals surface area contributed by atoms with E-state index in [9.17, 15) is 8.42 Å². The van der Waals surface area contributed by atoms with Crippen LogP contribution in [-0.4, -0.2) is 47.9 Å². The third-order valence-corrected chi connectivity index (χ3v) is 3.63. The van der Waals surface area contributed by atoms with Crippen LogP contribution in [0.1, 0.15) is 0 Å². The van der Waals surface area contributed by atoms with Crippen LogP contribution < -0.4 is 4.18 Å². The van der Waals surface area contributed by atoms with E-state index in [1.807, 2.05) is 0 Å². The molecule has 3 aromatic rings. The fraction of sp³-hybridized carbons (Fsp3) is 0. The molecule has 0 aliphatic heterocycles. The van der Waals surface area contributed by atoms with E-state index in [4.69, 9.17) is 4.18 Å². The first-order valence-corrected chi connectivity index (χ1v) is 7.00. The summed E-state index contributed by atoms with van der Waals surface area (Å²) >= 11 is 0. The first-order chi connectivity index (χ1) is 9.15. The molecule has 0 aliphatic carbocycles. The molecule has 0 atom stereocenters. The van der Waals surface area contributed by atoms with Crippen LogP contribution in [-0.2, 0) is 10.1 Å². The number of hydrogen-bond donors (Lipinski definition) is 1.